The summed E-state index contributed by atoms with van der Waals surface area (Å²) in [5.74, 6) is -0.242. The maximum atomic E-state index is 14.2. The van der Waals surface area contributed by atoms with Crippen molar-refractivity contribution in [3.8, 4) is 0 Å². The molecule has 4 atom stereocenters. The highest BCUT2D eigenvalue weighted by Crippen LogP contribution is 2.29. The normalized spacial score (nSPS) is 20.5. The standard InChI is InChI=1S/C36H59N5O3/c1-25(2)29(23-26(3)33(43)41-22-16-19-28(41)24-40-20-14-15-21-40)39(10)34(44)31(35(4,5)6)38-32(42)30(37-9)36(7,8)27-17-12-11-13-18-27/h11-13,17-18,23,25,28-31,37H,14-16,19-22,24H2,1-10H3,(H,38,42)/b26-23+/t28-,29+,30+,31+/m0/s1. The third kappa shape index (κ3) is 8.51. The maximum absolute atomic E-state index is 14.2. The van der Waals surface area contributed by atoms with Crippen LogP contribution >= 0.6 is 0 Å². The number of carbonyl (C=O) groups is 3. The van der Waals surface area contributed by atoms with Crippen LogP contribution in [0.4, 0.5) is 0 Å². The number of likely N-dealkylation sites (tertiary alicyclic amines) is 2. The molecule has 246 valence electrons. The molecule has 1 aromatic carbocycles. The summed E-state index contributed by atoms with van der Waals surface area (Å²) >= 11 is 0. The van der Waals surface area contributed by atoms with Gasteiger partial charge in [-0.05, 0) is 69.6 Å². The van der Waals surface area contributed by atoms with Crippen molar-refractivity contribution in [1.29, 1.82) is 0 Å². The molecular formula is C36H59N5O3. The monoisotopic (exact) mass is 609 g/mol. The van der Waals surface area contributed by atoms with Crippen molar-refractivity contribution in [2.75, 3.05) is 40.3 Å². The fraction of sp³-hybridized carbons (Fsp3) is 0.694. The zero-order valence-corrected chi connectivity index (χ0v) is 29.1. The van der Waals surface area contributed by atoms with Crippen LogP contribution in [0.15, 0.2) is 42.0 Å². The van der Waals surface area contributed by atoms with E-state index in [4.69, 9.17) is 0 Å². The molecule has 8 nitrogen and oxygen atoms in total. The Kier molecular flexibility index (Phi) is 12.2. The zero-order chi connectivity index (χ0) is 32.8. The highest BCUT2D eigenvalue weighted by atomic mass is 16.2. The molecule has 0 radical (unpaired) electrons. The minimum atomic E-state index is -0.753. The third-order valence-electron chi connectivity index (χ3n) is 9.73. The first kappa shape index (κ1) is 35.8. The molecule has 8 heteroatoms. The lowest BCUT2D eigenvalue weighted by molar-refractivity contribution is -0.141. The number of nitrogens with zero attached hydrogens (tertiary/aromatic N) is 3. The van der Waals surface area contributed by atoms with Crippen molar-refractivity contribution < 1.29 is 14.4 Å². The number of benzene rings is 1. The van der Waals surface area contributed by atoms with Crippen LogP contribution in [-0.2, 0) is 19.8 Å². The fourth-order valence-electron chi connectivity index (χ4n) is 6.94. The van der Waals surface area contributed by atoms with Gasteiger partial charge in [0.25, 0.3) is 0 Å². The average molecular weight is 610 g/mol. The van der Waals surface area contributed by atoms with Crippen molar-refractivity contribution in [2.45, 2.75) is 111 Å². The molecule has 0 spiro atoms. The van der Waals surface area contributed by atoms with E-state index in [1.54, 1.807) is 19.0 Å². The van der Waals surface area contributed by atoms with Gasteiger partial charge in [-0.15, -0.1) is 0 Å². The Hall–Kier alpha value is -2.71. The van der Waals surface area contributed by atoms with Gasteiger partial charge in [-0.1, -0.05) is 84.9 Å². The molecule has 44 heavy (non-hydrogen) atoms. The highest BCUT2D eigenvalue weighted by Gasteiger charge is 2.42. The van der Waals surface area contributed by atoms with Crippen LogP contribution in [0.5, 0.6) is 0 Å². The SMILES string of the molecule is CN[C@H](C(=O)N[C@H](C(=O)N(C)[C@H](/C=C(\C)C(=O)N1CCC[C@H]1CN1CCCC1)C(C)C)C(C)(C)C)C(C)(C)c1ccccc1. The van der Waals surface area contributed by atoms with Crippen molar-refractivity contribution in [3.05, 3.63) is 47.5 Å². The van der Waals surface area contributed by atoms with Gasteiger partial charge < -0.3 is 25.3 Å². The van der Waals surface area contributed by atoms with Gasteiger partial charge in [0.1, 0.15) is 6.04 Å². The summed E-state index contributed by atoms with van der Waals surface area (Å²) < 4.78 is 0. The van der Waals surface area contributed by atoms with E-state index in [0.717, 1.165) is 44.6 Å². The molecule has 2 fully saturated rings. The van der Waals surface area contributed by atoms with E-state index in [0.29, 0.717) is 5.57 Å². The van der Waals surface area contributed by atoms with Crippen LogP contribution in [0.25, 0.3) is 0 Å². The smallest absolute Gasteiger partial charge is 0.249 e. The van der Waals surface area contributed by atoms with Gasteiger partial charge >= 0.3 is 0 Å². The van der Waals surface area contributed by atoms with Crippen LogP contribution in [0.2, 0.25) is 0 Å². The second kappa shape index (κ2) is 15.0. The van der Waals surface area contributed by atoms with Crippen molar-refractivity contribution in [3.63, 3.8) is 0 Å². The van der Waals surface area contributed by atoms with E-state index in [1.165, 1.54) is 12.8 Å². The van der Waals surface area contributed by atoms with Crippen LogP contribution in [0.3, 0.4) is 0 Å². The number of amides is 3. The lowest BCUT2D eigenvalue weighted by atomic mass is 9.76. The van der Waals surface area contributed by atoms with Crippen LogP contribution in [-0.4, -0.2) is 96.9 Å². The molecule has 0 unspecified atom stereocenters. The molecular weight excluding hydrogens is 550 g/mol. The minimum absolute atomic E-state index is 0.0684. The van der Waals surface area contributed by atoms with Gasteiger partial charge in [0.05, 0.1) is 12.1 Å². The van der Waals surface area contributed by atoms with Gasteiger partial charge in [0.15, 0.2) is 0 Å². The molecule has 2 aliphatic rings. The quantitative estimate of drug-likeness (QED) is 0.339. The predicted octanol–water partition coefficient (Wildman–Crippen LogP) is 4.60. The highest BCUT2D eigenvalue weighted by molar-refractivity contribution is 5.94. The molecule has 1 aromatic rings. The van der Waals surface area contributed by atoms with Crippen LogP contribution < -0.4 is 10.6 Å². The maximum Gasteiger partial charge on any atom is 0.249 e. The molecule has 0 saturated carbocycles. The Bertz CT molecular complexity index is 1150. The van der Waals surface area contributed by atoms with Crippen molar-refractivity contribution >= 4 is 17.7 Å². The molecule has 3 amide bonds. The summed E-state index contributed by atoms with van der Waals surface area (Å²) in [6.45, 7) is 20.0. The number of hydrogen-bond donors (Lipinski definition) is 2. The Morgan fingerprint density at radius 3 is 2.14 bits per heavy atom. The van der Waals surface area contributed by atoms with Gasteiger partial charge in [0.2, 0.25) is 17.7 Å². The molecule has 0 aromatic heterocycles. The molecule has 2 saturated heterocycles. The largest absolute Gasteiger partial charge is 0.342 e. The van der Waals surface area contributed by atoms with Gasteiger partial charge in [-0.2, -0.15) is 0 Å². The summed E-state index contributed by atoms with van der Waals surface area (Å²) in [7, 11) is 3.58. The lowest BCUT2D eigenvalue weighted by Crippen LogP contribution is -2.61. The second-order valence-electron chi connectivity index (χ2n) is 15.0. The van der Waals surface area contributed by atoms with E-state index in [2.05, 4.69) is 29.4 Å². The predicted molar refractivity (Wildman–Crippen MR) is 179 cm³/mol. The number of likely N-dealkylation sites (N-methyl/N-ethyl adjacent to an activating group) is 2. The molecule has 0 bridgehead atoms. The number of nitrogens with one attached hydrogen (secondary N) is 2. The minimum Gasteiger partial charge on any atom is -0.342 e. The van der Waals surface area contributed by atoms with E-state index >= 15 is 0 Å². The van der Waals surface area contributed by atoms with E-state index < -0.39 is 22.9 Å². The summed E-state index contributed by atoms with van der Waals surface area (Å²) in [6, 6.07) is 8.61. The first-order valence-corrected chi connectivity index (χ1v) is 16.6. The summed E-state index contributed by atoms with van der Waals surface area (Å²) in [4.78, 5) is 48.0. The fourth-order valence-corrected chi connectivity index (χ4v) is 6.94. The zero-order valence-electron chi connectivity index (χ0n) is 29.1. The number of carbonyl (C=O) groups excluding carboxylic acids is 3. The van der Waals surface area contributed by atoms with E-state index in [1.807, 2.05) is 82.9 Å². The summed E-state index contributed by atoms with van der Waals surface area (Å²) in [5.41, 5.74) is 0.661. The number of rotatable bonds is 12. The van der Waals surface area contributed by atoms with Crippen LogP contribution in [0, 0.1) is 11.3 Å². The third-order valence-corrected chi connectivity index (χ3v) is 9.73. The topological polar surface area (TPSA) is 85.0 Å². The molecule has 2 aliphatic heterocycles. The van der Waals surface area contributed by atoms with E-state index in [9.17, 15) is 14.4 Å². The Morgan fingerprint density at radius 2 is 1.59 bits per heavy atom. The summed E-state index contributed by atoms with van der Waals surface area (Å²) in [5, 5.41) is 6.33. The van der Waals surface area contributed by atoms with Gasteiger partial charge in [-0.3, -0.25) is 14.4 Å². The summed E-state index contributed by atoms with van der Waals surface area (Å²) in [6.07, 6.45) is 6.53. The lowest BCUT2D eigenvalue weighted by Gasteiger charge is -2.40. The number of hydrogen-bond acceptors (Lipinski definition) is 5. The Labute approximate surface area is 267 Å². The first-order chi connectivity index (χ1) is 20.6. The molecule has 2 heterocycles. The Balaban J connectivity index is 1.79. The van der Waals surface area contributed by atoms with E-state index in [-0.39, 0.29) is 35.7 Å². The average Bonchev–Trinajstić information content (AvgIpc) is 3.66. The van der Waals surface area contributed by atoms with Crippen LogP contribution in [0.1, 0.15) is 86.6 Å². The molecule has 2 N–H and O–H groups in total. The molecule has 3 rings (SSSR count). The first-order valence-electron chi connectivity index (χ1n) is 16.6. The Morgan fingerprint density at radius 1 is 0.977 bits per heavy atom. The molecule has 0 aliphatic carbocycles. The second-order valence-corrected chi connectivity index (χ2v) is 15.0. The van der Waals surface area contributed by atoms with Gasteiger partial charge in [-0.25, -0.2) is 0 Å². The van der Waals surface area contributed by atoms with Gasteiger partial charge in [0, 0.05) is 37.2 Å². The van der Waals surface area contributed by atoms with Crippen molar-refractivity contribution in [1.82, 2.24) is 25.3 Å². The van der Waals surface area contributed by atoms with Crippen molar-refractivity contribution in [2.24, 2.45) is 11.3 Å².